The van der Waals surface area contributed by atoms with Crippen molar-refractivity contribution in [1.82, 2.24) is 9.55 Å². The van der Waals surface area contributed by atoms with Crippen LogP contribution >= 0.6 is 0 Å². The maximum atomic E-state index is 4.36. The van der Waals surface area contributed by atoms with Crippen LogP contribution in [0.3, 0.4) is 0 Å². The number of aromatic nitrogens is 2. The summed E-state index contributed by atoms with van der Waals surface area (Å²) in [7, 11) is 0. The van der Waals surface area contributed by atoms with Gasteiger partial charge in [0, 0.05) is 28.8 Å². The summed E-state index contributed by atoms with van der Waals surface area (Å²) in [5.74, 6) is 0. The molecule has 0 fully saturated rings. The summed E-state index contributed by atoms with van der Waals surface area (Å²) in [6, 6.07) is 4.27. The number of fused-ring (bicyclic) bond motifs is 1. The molecule has 123 valence electrons. The molecule has 2 aromatic heterocycles. The van der Waals surface area contributed by atoms with Crippen molar-refractivity contribution in [2.75, 3.05) is 0 Å². The molecule has 0 saturated carbocycles. The first kappa shape index (κ1) is 28.0. The van der Waals surface area contributed by atoms with Gasteiger partial charge in [0.05, 0.1) is 11.0 Å². The molecule has 0 N–H and O–H groups in total. The monoisotopic (exact) mass is 294 g/mol. The van der Waals surface area contributed by atoms with Crippen LogP contribution in [0.1, 0.15) is 69.3 Å². The van der Waals surface area contributed by atoms with E-state index in [1.54, 1.807) is 0 Å². The summed E-state index contributed by atoms with van der Waals surface area (Å²) < 4.78 is 2.26. The number of hydrogen-bond donors (Lipinski definition) is 0. The van der Waals surface area contributed by atoms with Gasteiger partial charge in [0.2, 0.25) is 0 Å². The highest BCUT2D eigenvalue weighted by Gasteiger charge is 2.00. The fourth-order valence-electron chi connectivity index (χ4n) is 1.60. The molecule has 0 bridgehead atoms. The summed E-state index contributed by atoms with van der Waals surface area (Å²) >= 11 is 0. The topological polar surface area (TPSA) is 17.8 Å². The van der Waals surface area contributed by atoms with Gasteiger partial charge in [-0.1, -0.05) is 55.9 Å². The van der Waals surface area contributed by atoms with E-state index in [2.05, 4.69) is 41.7 Å². The van der Waals surface area contributed by atoms with E-state index in [-0.39, 0.29) is 17.3 Å². The van der Waals surface area contributed by atoms with Gasteiger partial charge in [-0.2, -0.15) is 0 Å². The van der Waals surface area contributed by atoms with E-state index in [4.69, 9.17) is 0 Å². The second-order valence-corrected chi connectivity index (χ2v) is 3.43. The van der Waals surface area contributed by atoms with Gasteiger partial charge in [-0.15, -0.1) is 0 Å². The molecule has 3 heteroatoms. The average molecular weight is 294 g/mol. The normalized spacial score (nSPS) is 7.62. The molecule has 2 rings (SSSR count). The largest absolute Gasteiger partial charge is 0.346 e. The van der Waals surface area contributed by atoms with Crippen molar-refractivity contribution in [1.29, 1.82) is 0 Å². The van der Waals surface area contributed by atoms with Crippen LogP contribution in [0.2, 0.25) is 0 Å². The Hall–Kier alpha value is -1.25. The van der Waals surface area contributed by atoms with Gasteiger partial charge in [-0.25, -0.2) is 0 Å². The molecule has 0 spiro atoms. The Morgan fingerprint density at radius 2 is 1.62 bits per heavy atom. The number of hydrogen-bond acceptors (Lipinski definition) is 1. The zero-order valence-corrected chi connectivity index (χ0v) is 14.7. The highest BCUT2D eigenvalue weighted by atomic mass is 15.0. The molecule has 2 aromatic rings. The van der Waals surface area contributed by atoms with Gasteiger partial charge in [0.1, 0.15) is 0 Å². The van der Waals surface area contributed by atoms with Crippen LogP contribution in [-0.4, -0.2) is 18.0 Å². The van der Waals surface area contributed by atoms with Gasteiger partial charge in [0.25, 0.3) is 0 Å². The number of pyridine rings is 1. The van der Waals surface area contributed by atoms with Crippen molar-refractivity contribution in [3.8, 4) is 0 Å². The number of aryl methyl sites for hydroxylation is 2. The second kappa shape index (κ2) is 18.8. The minimum Gasteiger partial charge on any atom is -0.346 e. The van der Waals surface area contributed by atoms with Crippen molar-refractivity contribution >= 4 is 19.4 Å². The zero-order chi connectivity index (χ0) is 15.3. The van der Waals surface area contributed by atoms with Gasteiger partial charge in [-0.05, 0) is 31.0 Å². The van der Waals surface area contributed by atoms with Crippen molar-refractivity contribution in [3.05, 3.63) is 30.1 Å². The minimum atomic E-state index is 0. The lowest BCUT2D eigenvalue weighted by molar-refractivity contribution is 0.703. The van der Waals surface area contributed by atoms with Crippen LogP contribution in [0.15, 0.2) is 24.5 Å². The second-order valence-electron chi connectivity index (χ2n) is 3.43. The lowest BCUT2D eigenvalue weighted by atomic mass is 10.3. The van der Waals surface area contributed by atoms with Crippen LogP contribution < -0.4 is 0 Å². The minimum absolute atomic E-state index is 0. The van der Waals surface area contributed by atoms with E-state index < -0.39 is 0 Å². The van der Waals surface area contributed by atoms with Crippen molar-refractivity contribution in [2.45, 2.75) is 75.8 Å². The Morgan fingerprint density at radius 3 is 2.10 bits per heavy atom. The maximum Gasteiger partial charge on any atom is 0.0881 e. The Bertz CT molecular complexity index is 428. The first-order valence-corrected chi connectivity index (χ1v) is 7.72. The number of nitrogens with zero attached hydrogens (tertiary/aromatic N) is 2. The van der Waals surface area contributed by atoms with Gasteiger partial charge in [-0.3, -0.25) is 4.98 Å². The van der Waals surface area contributed by atoms with Gasteiger partial charge in [0.15, 0.2) is 0 Å². The highest BCUT2D eigenvalue weighted by Crippen LogP contribution is 2.14. The predicted octanol–water partition coefficient (Wildman–Crippen LogP) is 6.33. The Morgan fingerprint density at radius 1 is 1.10 bits per heavy atom. The Labute approximate surface area is 137 Å². The number of rotatable bonds is 2. The summed E-state index contributed by atoms with van der Waals surface area (Å²) in [5.41, 5.74) is 3.57. The Balaban J connectivity index is -0.0000000966. The molecule has 0 aliphatic heterocycles. The van der Waals surface area contributed by atoms with Crippen LogP contribution in [0, 0.1) is 6.92 Å². The summed E-state index contributed by atoms with van der Waals surface area (Å²) in [5, 5.41) is 0. The first-order chi connectivity index (χ1) is 9.31. The predicted molar refractivity (Wildman–Crippen MR) is 103 cm³/mol. The highest BCUT2D eigenvalue weighted by molar-refractivity contribution is 5.76. The standard InChI is InChI=1S/C11H14N2.3C2H6.CH4.B.H2/c1-3-5-13-6-4-10-11(13)7-9(2)8-12-10;3*1-2;;;/h4,6-8H,3,5H2,1-2H3;3*1-2H3;1H4;;1H/i;;;;;;1+1. The lowest BCUT2D eigenvalue weighted by Gasteiger charge is -2.02. The molecule has 0 saturated heterocycles. The zero-order valence-electron chi connectivity index (χ0n) is 14.7. The van der Waals surface area contributed by atoms with Crippen LogP contribution in [0.4, 0.5) is 0 Å². The van der Waals surface area contributed by atoms with E-state index in [9.17, 15) is 0 Å². The third kappa shape index (κ3) is 9.33. The molecular formula is C18H38BN2. The van der Waals surface area contributed by atoms with E-state index in [0.29, 0.717) is 0 Å². The smallest absolute Gasteiger partial charge is 0.0881 e. The average Bonchev–Trinajstić information content (AvgIpc) is 2.88. The lowest BCUT2D eigenvalue weighted by Crippen LogP contribution is -1.94. The third-order valence-corrected chi connectivity index (χ3v) is 2.22. The quantitative estimate of drug-likeness (QED) is 0.591. The fraction of sp³-hybridized carbons (Fsp3) is 0.611. The molecule has 2 nitrogen and oxygen atoms in total. The van der Waals surface area contributed by atoms with E-state index >= 15 is 0 Å². The van der Waals surface area contributed by atoms with Crippen LogP contribution in [-0.2, 0) is 6.54 Å². The Kier molecular flexibility index (Phi) is 25.0. The molecule has 3 radical (unpaired) electrons. The summed E-state index contributed by atoms with van der Waals surface area (Å²) in [4.78, 5) is 4.36. The maximum absolute atomic E-state index is 4.36. The molecule has 0 atom stereocenters. The molecule has 0 unspecified atom stereocenters. The van der Waals surface area contributed by atoms with Gasteiger partial charge >= 0.3 is 0 Å². The molecule has 0 aromatic carbocycles. The van der Waals surface area contributed by atoms with Crippen LogP contribution in [0.25, 0.3) is 11.0 Å². The molecule has 0 amide bonds. The van der Waals surface area contributed by atoms with Gasteiger partial charge < -0.3 is 4.57 Å². The van der Waals surface area contributed by atoms with Crippen molar-refractivity contribution in [2.24, 2.45) is 0 Å². The molecule has 0 aliphatic rings. The SMILES string of the molecule is C.CC.CC.CC.CCCn1ccc2ncc(C)cc21.[2HH].[B]. The molecular weight excluding hydrogens is 255 g/mol. The van der Waals surface area contributed by atoms with Crippen molar-refractivity contribution in [3.63, 3.8) is 0 Å². The fourth-order valence-corrected chi connectivity index (χ4v) is 1.60. The molecule has 0 aliphatic carbocycles. The third-order valence-electron chi connectivity index (χ3n) is 2.22. The van der Waals surface area contributed by atoms with E-state index in [1.807, 2.05) is 47.7 Å². The summed E-state index contributed by atoms with van der Waals surface area (Å²) in [6.07, 6.45) is 5.19. The van der Waals surface area contributed by atoms with Crippen LogP contribution in [0.5, 0.6) is 0 Å². The summed E-state index contributed by atoms with van der Waals surface area (Å²) in [6.45, 7) is 17.3. The van der Waals surface area contributed by atoms with E-state index in [0.717, 1.165) is 18.5 Å². The van der Waals surface area contributed by atoms with Crippen molar-refractivity contribution < 1.29 is 1.43 Å². The van der Waals surface area contributed by atoms with E-state index in [1.165, 1.54) is 11.1 Å². The molecule has 21 heavy (non-hydrogen) atoms. The first-order valence-electron chi connectivity index (χ1n) is 7.72. The molecule has 2 heterocycles.